The van der Waals surface area contributed by atoms with Gasteiger partial charge in [-0.05, 0) is 50.8 Å². The number of benzene rings is 1. The van der Waals surface area contributed by atoms with Crippen LogP contribution in [0.15, 0.2) is 24.3 Å². The molecular weight excluding hydrogens is 350 g/mol. The lowest BCUT2D eigenvalue weighted by Gasteiger charge is -2.13. The Labute approximate surface area is 168 Å². The zero-order valence-electron chi connectivity index (χ0n) is 17.3. The number of hydrogen-bond donors (Lipinski definition) is 1. The first-order chi connectivity index (χ1) is 13.5. The highest BCUT2D eigenvalue weighted by atomic mass is 16.5. The smallest absolute Gasteiger partial charge is 0.251 e. The van der Waals surface area contributed by atoms with Gasteiger partial charge < -0.3 is 15.0 Å². The number of rotatable bonds is 11. The van der Waals surface area contributed by atoms with E-state index in [9.17, 15) is 4.79 Å². The fourth-order valence-electron chi connectivity index (χ4n) is 3.70. The summed E-state index contributed by atoms with van der Waals surface area (Å²) in [5.41, 5.74) is 10.9. The second-order valence-electron chi connectivity index (χ2n) is 6.99. The van der Waals surface area contributed by atoms with Gasteiger partial charge in [0.1, 0.15) is 0 Å². The SMILES string of the molecule is CCCCCc1c(-c2ccc(C#N)cc2)c(C(N)=O)c(C)n1CCCOCC. The lowest BCUT2D eigenvalue weighted by Crippen LogP contribution is -2.13. The van der Waals surface area contributed by atoms with E-state index < -0.39 is 5.91 Å². The van der Waals surface area contributed by atoms with Gasteiger partial charge in [-0.3, -0.25) is 4.79 Å². The number of nitrogens with zero attached hydrogens (tertiary/aromatic N) is 2. The average molecular weight is 382 g/mol. The van der Waals surface area contributed by atoms with Crippen molar-refractivity contribution in [2.75, 3.05) is 13.2 Å². The molecule has 5 heteroatoms. The standard InChI is InChI=1S/C23H31N3O2/c1-4-6-7-9-20-22(19-12-10-18(16-24)11-13-19)21(23(25)27)17(3)26(20)14-8-15-28-5-2/h10-13H,4-9,14-15H2,1-3H3,(H2,25,27). The van der Waals surface area contributed by atoms with Crippen LogP contribution in [0, 0.1) is 18.3 Å². The van der Waals surface area contributed by atoms with Gasteiger partial charge in [0, 0.05) is 36.7 Å². The Balaban J connectivity index is 2.54. The summed E-state index contributed by atoms with van der Waals surface area (Å²) in [6.45, 7) is 8.34. The molecule has 0 spiro atoms. The lowest BCUT2D eigenvalue weighted by atomic mass is 9.96. The third-order valence-electron chi connectivity index (χ3n) is 5.07. The highest BCUT2D eigenvalue weighted by Crippen LogP contribution is 2.34. The molecule has 0 bridgehead atoms. The first-order valence-electron chi connectivity index (χ1n) is 10.1. The highest BCUT2D eigenvalue weighted by Gasteiger charge is 2.24. The molecule has 0 radical (unpaired) electrons. The molecule has 2 aromatic rings. The number of carbonyl (C=O) groups excluding carboxylic acids is 1. The molecule has 0 saturated heterocycles. The van der Waals surface area contributed by atoms with Gasteiger partial charge in [0.2, 0.25) is 0 Å². The number of hydrogen-bond acceptors (Lipinski definition) is 3. The molecule has 1 amide bonds. The number of ether oxygens (including phenoxy) is 1. The Hall–Kier alpha value is -2.58. The van der Waals surface area contributed by atoms with Crippen LogP contribution >= 0.6 is 0 Å². The predicted molar refractivity (Wildman–Crippen MR) is 112 cm³/mol. The molecule has 0 aliphatic heterocycles. The van der Waals surface area contributed by atoms with Crippen molar-refractivity contribution in [2.45, 2.75) is 59.4 Å². The Bertz CT molecular complexity index is 829. The van der Waals surface area contributed by atoms with Crippen LogP contribution in [0.2, 0.25) is 0 Å². The molecule has 5 nitrogen and oxygen atoms in total. The van der Waals surface area contributed by atoms with Crippen LogP contribution in [-0.2, 0) is 17.7 Å². The van der Waals surface area contributed by atoms with Crippen LogP contribution < -0.4 is 5.73 Å². The number of carbonyl (C=O) groups is 1. The quantitative estimate of drug-likeness (QED) is 0.578. The first-order valence-corrected chi connectivity index (χ1v) is 10.1. The van der Waals surface area contributed by atoms with Crippen molar-refractivity contribution in [2.24, 2.45) is 5.73 Å². The van der Waals surface area contributed by atoms with Crippen LogP contribution in [0.5, 0.6) is 0 Å². The largest absolute Gasteiger partial charge is 0.382 e. The van der Waals surface area contributed by atoms with Crippen molar-refractivity contribution in [3.8, 4) is 17.2 Å². The number of amides is 1. The van der Waals surface area contributed by atoms with E-state index in [0.29, 0.717) is 24.3 Å². The maximum absolute atomic E-state index is 12.3. The van der Waals surface area contributed by atoms with E-state index in [4.69, 9.17) is 15.7 Å². The van der Waals surface area contributed by atoms with Crippen molar-refractivity contribution in [1.82, 2.24) is 4.57 Å². The van der Waals surface area contributed by atoms with Crippen molar-refractivity contribution >= 4 is 5.91 Å². The third kappa shape index (κ3) is 5.02. The zero-order valence-corrected chi connectivity index (χ0v) is 17.3. The van der Waals surface area contributed by atoms with E-state index >= 15 is 0 Å². The first kappa shape index (κ1) is 21.7. The van der Waals surface area contributed by atoms with Crippen LogP contribution in [0.1, 0.15) is 66.8 Å². The molecule has 2 rings (SSSR count). The third-order valence-corrected chi connectivity index (χ3v) is 5.07. The van der Waals surface area contributed by atoms with Crippen molar-refractivity contribution in [3.63, 3.8) is 0 Å². The van der Waals surface area contributed by atoms with Gasteiger partial charge in [-0.2, -0.15) is 5.26 Å². The fraction of sp³-hybridized carbons (Fsp3) is 0.478. The minimum absolute atomic E-state index is 0.405. The summed E-state index contributed by atoms with van der Waals surface area (Å²) in [7, 11) is 0. The van der Waals surface area contributed by atoms with Crippen molar-refractivity contribution in [3.05, 3.63) is 46.8 Å². The maximum Gasteiger partial charge on any atom is 0.251 e. The second-order valence-corrected chi connectivity index (χ2v) is 6.99. The molecule has 0 unspecified atom stereocenters. The van der Waals surface area contributed by atoms with Crippen molar-refractivity contribution < 1.29 is 9.53 Å². The van der Waals surface area contributed by atoms with Crippen LogP contribution in [-0.4, -0.2) is 23.7 Å². The molecule has 150 valence electrons. The summed E-state index contributed by atoms with van der Waals surface area (Å²) >= 11 is 0. The molecule has 0 aliphatic carbocycles. The van der Waals surface area contributed by atoms with Gasteiger partial charge in [0.05, 0.1) is 17.2 Å². The van der Waals surface area contributed by atoms with Gasteiger partial charge in [-0.15, -0.1) is 0 Å². The van der Waals surface area contributed by atoms with E-state index in [1.165, 1.54) is 0 Å². The molecule has 2 N–H and O–H groups in total. The summed E-state index contributed by atoms with van der Waals surface area (Å²) in [5.74, 6) is -0.405. The van der Waals surface area contributed by atoms with Gasteiger partial charge in [-0.25, -0.2) is 0 Å². The predicted octanol–water partition coefficient (Wildman–Crippen LogP) is 4.59. The minimum atomic E-state index is -0.405. The number of nitrogens with two attached hydrogens (primary N) is 1. The van der Waals surface area contributed by atoms with Gasteiger partial charge in [0.25, 0.3) is 5.91 Å². The molecule has 0 saturated carbocycles. The highest BCUT2D eigenvalue weighted by molar-refractivity contribution is 6.02. The molecule has 28 heavy (non-hydrogen) atoms. The van der Waals surface area contributed by atoms with Crippen LogP contribution in [0.4, 0.5) is 0 Å². The molecule has 1 heterocycles. The summed E-state index contributed by atoms with van der Waals surface area (Å²) in [6.07, 6.45) is 5.12. The van der Waals surface area contributed by atoms with Gasteiger partial charge in [-0.1, -0.05) is 31.9 Å². The van der Waals surface area contributed by atoms with Crippen LogP contribution in [0.25, 0.3) is 11.1 Å². The number of nitriles is 1. The lowest BCUT2D eigenvalue weighted by molar-refractivity contribution is 0.1000. The fourth-order valence-corrected chi connectivity index (χ4v) is 3.70. The second kappa shape index (κ2) is 10.7. The Morgan fingerprint density at radius 1 is 1.18 bits per heavy atom. The Kier molecular flexibility index (Phi) is 8.28. The van der Waals surface area contributed by atoms with E-state index in [1.54, 1.807) is 12.1 Å². The zero-order chi connectivity index (χ0) is 20.5. The molecule has 1 aromatic carbocycles. The van der Waals surface area contributed by atoms with Crippen LogP contribution in [0.3, 0.4) is 0 Å². The Morgan fingerprint density at radius 2 is 1.89 bits per heavy atom. The van der Waals surface area contributed by atoms with E-state index in [0.717, 1.165) is 61.2 Å². The number of unbranched alkanes of at least 4 members (excludes halogenated alkanes) is 2. The molecule has 1 aromatic heterocycles. The van der Waals surface area contributed by atoms with Gasteiger partial charge in [0.15, 0.2) is 0 Å². The molecule has 0 atom stereocenters. The minimum Gasteiger partial charge on any atom is -0.382 e. The number of primary amides is 1. The summed E-state index contributed by atoms with van der Waals surface area (Å²) in [5, 5.41) is 9.09. The summed E-state index contributed by atoms with van der Waals surface area (Å²) in [6, 6.07) is 9.54. The number of aromatic nitrogens is 1. The van der Waals surface area contributed by atoms with E-state index in [1.807, 2.05) is 26.0 Å². The topological polar surface area (TPSA) is 81.0 Å². The molecule has 0 aliphatic rings. The Morgan fingerprint density at radius 3 is 2.46 bits per heavy atom. The normalized spacial score (nSPS) is 10.8. The monoisotopic (exact) mass is 381 g/mol. The molecule has 0 fully saturated rings. The van der Waals surface area contributed by atoms with Gasteiger partial charge >= 0.3 is 0 Å². The van der Waals surface area contributed by atoms with E-state index in [-0.39, 0.29) is 0 Å². The summed E-state index contributed by atoms with van der Waals surface area (Å²) < 4.78 is 7.73. The molecular formula is C23H31N3O2. The maximum atomic E-state index is 12.3. The average Bonchev–Trinajstić information content (AvgIpc) is 2.97. The van der Waals surface area contributed by atoms with Crippen molar-refractivity contribution in [1.29, 1.82) is 5.26 Å². The van der Waals surface area contributed by atoms with E-state index in [2.05, 4.69) is 17.6 Å². The summed E-state index contributed by atoms with van der Waals surface area (Å²) in [4.78, 5) is 12.3.